The van der Waals surface area contributed by atoms with Gasteiger partial charge in [-0.3, -0.25) is 4.79 Å². The van der Waals surface area contributed by atoms with Crippen LogP contribution in [0.1, 0.15) is 24.8 Å². The average Bonchev–Trinajstić information content (AvgIpc) is 2.45. The van der Waals surface area contributed by atoms with Crippen LogP contribution in [-0.2, 0) is 16.1 Å². The second kappa shape index (κ2) is 8.95. The van der Waals surface area contributed by atoms with Crippen LogP contribution < -0.4 is 5.73 Å². The molecule has 4 nitrogen and oxygen atoms in total. The van der Waals surface area contributed by atoms with E-state index in [4.69, 9.17) is 10.5 Å². The maximum Gasteiger partial charge on any atom is 0.224 e. The Hall–Kier alpha value is -1.10. The summed E-state index contributed by atoms with van der Waals surface area (Å²) in [4.78, 5) is 13.8. The van der Waals surface area contributed by atoms with E-state index in [9.17, 15) is 4.79 Å². The number of benzene rings is 1. The number of rotatable bonds is 5. The zero-order valence-electron chi connectivity index (χ0n) is 11.7. The van der Waals surface area contributed by atoms with E-state index in [1.807, 2.05) is 35.2 Å². The monoisotopic (exact) mass is 298 g/mol. The van der Waals surface area contributed by atoms with Gasteiger partial charge in [0.05, 0.1) is 19.6 Å². The van der Waals surface area contributed by atoms with Crippen molar-refractivity contribution in [2.75, 3.05) is 19.7 Å². The van der Waals surface area contributed by atoms with Crippen LogP contribution in [0, 0.1) is 0 Å². The number of hydrogen-bond acceptors (Lipinski definition) is 3. The number of carbonyl (C=O) groups excluding carboxylic acids is 1. The Morgan fingerprint density at radius 3 is 2.55 bits per heavy atom. The second-order valence-electron chi connectivity index (χ2n) is 5.01. The molecule has 5 heteroatoms. The lowest BCUT2D eigenvalue weighted by Crippen LogP contribution is -2.43. The molecular weight excluding hydrogens is 276 g/mol. The lowest BCUT2D eigenvalue weighted by molar-refractivity contribution is -0.133. The standard InChI is InChI=1S/C15H22N2O2.ClH/c16-14-6-9-17(10-7-14)15(18)8-11-19-12-13-4-2-1-3-5-13;/h1-5,14H,6-12,16H2;1H. The zero-order chi connectivity index (χ0) is 13.5. The van der Waals surface area contributed by atoms with Gasteiger partial charge in [0.2, 0.25) is 5.91 Å². The van der Waals surface area contributed by atoms with E-state index < -0.39 is 0 Å². The number of amides is 1. The van der Waals surface area contributed by atoms with Gasteiger partial charge in [-0.1, -0.05) is 30.3 Å². The molecule has 1 aliphatic rings. The summed E-state index contributed by atoms with van der Waals surface area (Å²) < 4.78 is 5.53. The van der Waals surface area contributed by atoms with Crippen molar-refractivity contribution < 1.29 is 9.53 Å². The molecule has 2 N–H and O–H groups in total. The molecule has 1 saturated heterocycles. The highest BCUT2D eigenvalue weighted by atomic mass is 35.5. The quantitative estimate of drug-likeness (QED) is 0.846. The van der Waals surface area contributed by atoms with Crippen LogP contribution in [0.15, 0.2) is 30.3 Å². The number of nitrogens with two attached hydrogens (primary N) is 1. The first-order valence-corrected chi connectivity index (χ1v) is 6.91. The van der Waals surface area contributed by atoms with Gasteiger partial charge in [0.15, 0.2) is 0 Å². The van der Waals surface area contributed by atoms with Crippen LogP contribution in [-0.4, -0.2) is 36.5 Å². The molecule has 1 amide bonds. The lowest BCUT2D eigenvalue weighted by Gasteiger charge is -2.30. The summed E-state index contributed by atoms with van der Waals surface area (Å²) in [6.07, 6.45) is 2.29. The fourth-order valence-corrected chi connectivity index (χ4v) is 2.23. The van der Waals surface area contributed by atoms with Crippen LogP contribution in [0.4, 0.5) is 0 Å². The average molecular weight is 299 g/mol. The van der Waals surface area contributed by atoms with Crippen molar-refractivity contribution in [2.24, 2.45) is 5.73 Å². The SMILES string of the molecule is Cl.NC1CCN(C(=O)CCOCc2ccccc2)CC1. The van der Waals surface area contributed by atoms with Gasteiger partial charge >= 0.3 is 0 Å². The largest absolute Gasteiger partial charge is 0.376 e. The van der Waals surface area contributed by atoms with Crippen molar-refractivity contribution in [3.63, 3.8) is 0 Å². The van der Waals surface area contributed by atoms with E-state index in [2.05, 4.69) is 0 Å². The molecule has 20 heavy (non-hydrogen) atoms. The Balaban J connectivity index is 0.00000200. The lowest BCUT2D eigenvalue weighted by atomic mass is 10.1. The van der Waals surface area contributed by atoms with Gasteiger partial charge in [0.25, 0.3) is 0 Å². The summed E-state index contributed by atoms with van der Waals surface area (Å²) in [5.41, 5.74) is 6.96. The molecule has 0 spiro atoms. The predicted molar refractivity (Wildman–Crippen MR) is 81.8 cm³/mol. The molecule has 0 bridgehead atoms. The fourth-order valence-electron chi connectivity index (χ4n) is 2.23. The van der Waals surface area contributed by atoms with Gasteiger partial charge in [-0.15, -0.1) is 12.4 Å². The molecule has 1 heterocycles. The van der Waals surface area contributed by atoms with E-state index in [1.165, 1.54) is 0 Å². The van der Waals surface area contributed by atoms with Gasteiger partial charge in [0, 0.05) is 19.1 Å². The minimum atomic E-state index is 0. The number of hydrogen-bond donors (Lipinski definition) is 1. The number of nitrogens with zero attached hydrogens (tertiary/aromatic N) is 1. The van der Waals surface area contributed by atoms with Crippen LogP contribution in [0.25, 0.3) is 0 Å². The summed E-state index contributed by atoms with van der Waals surface area (Å²) >= 11 is 0. The third-order valence-corrected chi connectivity index (χ3v) is 3.46. The van der Waals surface area contributed by atoms with Crippen LogP contribution >= 0.6 is 12.4 Å². The van der Waals surface area contributed by atoms with Gasteiger partial charge in [-0.2, -0.15) is 0 Å². The molecule has 0 aromatic heterocycles. The normalized spacial score (nSPS) is 15.8. The van der Waals surface area contributed by atoms with Crippen molar-refractivity contribution in [1.29, 1.82) is 0 Å². The second-order valence-corrected chi connectivity index (χ2v) is 5.01. The summed E-state index contributed by atoms with van der Waals surface area (Å²) in [5.74, 6) is 0.181. The molecule has 0 atom stereocenters. The van der Waals surface area contributed by atoms with Gasteiger partial charge in [-0.05, 0) is 18.4 Å². The van der Waals surface area contributed by atoms with Crippen molar-refractivity contribution in [3.8, 4) is 0 Å². The Kier molecular flexibility index (Phi) is 7.59. The van der Waals surface area contributed by atoms with E-state index in [0.717, 1.165) is 31.5 Å². The molecule has 1 aromatic carbocycles. The molecule has 2 rings (SSSR count). The minimum Gasteiger partial charge on any atom is -0.376 e. The smallest absolute Gasteiger partial charge is 0.224 e. The third kappa shape index (κ3) is 5.49. The van der Waals surface area contributed by atoms with E-state index in [0.29, 0.717) is 19.6 Å². The highest BCUT2D eigenvalue weighted by molar-refractivity contribution is 5.85. The number of likely N-dealkylation sites (tertiary alicyclic amines) is 1. The zero-order valence-corrected chi connectivity index (χ0v) is 12.5. The van der Waals surface area contributed by atoms with Gasteiger partial charge in [-0.25, -0.2) is 0 Å². The van der Waals surface area contributed by atoms with E-state index >= 15 is 0 Å². The molecule has 0 saturated carbocycles. The summed E-state index contributed by atoms with van der Waals surface area (Å²) in [6.45, 7) is 2.63. The minimum absolute atomic E-state index is 0. The van der Waals surface area contributed by atoms with Crippen LogP contribution in [0.3, 0.4) is 0 Å². The number of halogens is 1. The molecule has 1 fully saturated rings. The Morgan fingerprint density at radius 2 is 1.90 bits per heavy atom. The maximum absolute atomic E-state index is 11.9. The van der Waals surface area contributed by atoms with Crippen molar-refractivity contribution >= 4 is 18.3 Å². The molecule has 1 aliphatic heterocycles. The van der Waals surface area contributed by atoms with Crippen LogP contribution in [0.5, 0.6) is 0 Å². The Bertz CT molecular complexity index is 392. The first-order valence-electron chi connectivity index (χ1n) is 6.91. The Labute approximate surface area is 126 Å². The molecule has 0 unspecified atom stereocenters. The van der Waals surface area contributed by atoms with E-state index in [1.54, 1.807) is 0 Å². The molecule has 0 radical (unpaired) electrons. The van der Waals surface area contributed by atoms with Crippen molar-refractivity contribution in [1.82, 2.24) is 4.90 Å². The van der Waals surface area contributed by atoms with Crippen molar-refractivity contribution in [3.05, 3.63) is 35.9 Å². The Morgan fingerprint density at radius 1 is 1.25 bits per heavy atom. The summed E-state index contributed by atoms with van der Waals surface area (Å²) in [7, 11) is 0. The first-order chi connectivity index (χ1) is 9.25. The fraction of sp³-hybridized carbons (Fsp3) is 0.533. The molecule has 112 valence electrons. The number of ether oxygens (including phenoxy) is 1. The molecular formula is C15H23ClN2O2. The van der Waals surface area contributed by atoms with Gasteiger partial charge in [0.1, 0.15) is 0 Å². The third-order valence-electron chi connectivity index (χ3n) is 3.46. The predicted octanol–water partition coefficient (Wildman–Crippen LogP) is 1.96. The highest BCUT2D eigenvalue weighted by Crippen LogP contribution is 2.09. The van der Waals surface area contributed by atoms with E-state index in [-0.39, 0.29) is 24.4 Å². The molecule has 1 aromatic rings. The summed E-state index contributed by atoms with van der Waals surface area (Å²) in [6, 6.07) is 10.3. The first kappa shape index (κ1) is 17.0. The molecule has 0 aliphatic carbocycles. The van der Waals surface area contributed by atoms with Crippen LogP contribution in [0.2, 0.25) is 0 Å². The van der Waals surface area contributed by atoms with Crippen molar-refractivity contribution in [2.45, 2.75) is 31.9 Å². The van der Waals surface area contributed by atoms with Gasteiger partial charge < -0.3 is 15.4 Å². The number of piperidine rings is 1. The maximum atomic E-state index is 11.9. The summed E-state index contributed by atoms with van der Waals surface area (Å²) in [5, 5.41) is 0. The highest BCUT2D eigenvalue weighted by Gasteiger charge is 2.19. The number of carbonyl (C=O) groups is 1. The topological polar surface area (TPSA) is 55.6 Å².